The number of thiophene rings is 1. The molecule has 31 heavy (non-hydrogen) atoms. The predicted molar refractivity (Wildman–Crippen MR) is 119 cm³/mol. The summed E-state index contributed by atoms with van der Waals surface area (Å²) in [4.78, 5) is 12.3. The number of nitrogens with one attached hydrogen (secondary N) is 2. The summed E-state index contributed by atoms with van der Waals surface area (Å²) in [6.45, 7) is 3.53. The number of nitriles is 1. The monoisotopic (exact) mass is 437 g/mol. The Bertz CT molecular complexity index is 1200. The van der Waals surface area contributed by atoms with Crippen LogP contribution in [0.1, 0.15) is 34.0 Å². The zero-order chi connectivity index (χ0) is 22.8. The molecule has 4 N–H and O–H groups in total. The van der Waals surface area contributed by atoms with Crippen molar-refractivity contribution in [1.82, 2.24) is 5.32 Å². The minimum atomic E-state index is -1.10. The number of rotatable bonds is 6. The Labute approximate surface area is 182 Å². The van der Waals surface area contributed by atoms with Gasteiger partial charge in [-0.05, 0) is 55.3 Å². The van der Waals surface area contributed by atoms with Gasteiger partial charge in [-0.3, -0.25) is 0 Å². The number of allylic oxidation sites excluding steroid dienone is 5. The number of halogens is 1. The molecular weight excluding hydrogens is 417 g/mol. The standard InChI is InChI=1S/C23H20FN3O3S/c1-23(2,12-28)27-11-16-7-14(5-6-19(16)26)21-17(9-20(31-21)22(29)30)13-3-4-15(10-25)18(24)8-13/h3-9,11,26-28H,12H2,1-2H3,(H,29,30)/b16-11-,26-19?. The Hall–Kier alpha value is -3.54. The first-order valence-electron chi connectivity index (χ1n) is 9.30. The van der Waals surface area contributed by atoms with Crippen molar-refractivity contribution in [3.63, 3.8) is 0 Å². The summed E-state index contributed by atoms with van der Waals surface area (Å²) in [5, 5.41) is 39.1. The molecule has 0 saturated carbocycles. The van der Waals surface area contributed by atoms with Crippen molar-refractivity contribution in [3.05, 3.63) is 75.4 Å². The molecule has 1 aromatic heterocycles. The molecule has 0 spiro atoms. The summed E-state index contributed by atoms with van der Waals surface area (Å²) in [5.41, 5.74) is 1.79. The molecule has 158 valence electrons. The molecule has 1 aliphatic carbocycles. The second kappa shape index (κ2) is 8.68. The molecule has 0 fully saturated rings. The quantitative estimate of drug-likeness (QED) is 0.536. The molecule has 0 aliphatic heterocycles. The van der Waals surface area contributed by atoms with Gasteiger partial charge < -0.3 is 20.9 Å². The van der Waals surface area contributed by atoms with Crippen LogP contribution in [0.25, 0.3) is 16.7 Å². The lowest BCUT2D eigenvalue weighted by molar-refractivity contribution is 0.0702. The maximum Gasteiger partial charge on any atom is 0.345 e. The minimum absolute atomic E-state index is 0.0907. The molecule has 2 aromatic rings. The lowest BCUT2D eigenvalue weighted by Crippen LogP contribution is -2.39. The van der Waals surface area contributed by atoms with Gasteiger partial charge in [-0.1, -0.05) is 12.1 Å². The van der Waals surface area contributed by atoms with Gasteiger partial charge >= 0.3 is 5.97 Å². The van der Waals surface area contributed by atoms with Gasteiger partial charge in [0.25, 0.3) is 0 Å². The Balaban J connectivity index is 2.10. The van der Waals surface area contributed by atoms with Crippen LogP contribution in [0.15, 0.2) is 54.3 Å². The van der Waals surface area contributed by atoms with Crippen LogP contribution in [0.5, 0.6) is 0 Å². The molecule has 8 heteroatoms. The van der Waals surface area contributed by atoms with E-state index in [9.17, 15) is 19.4 Å². The van der Waals surface area contributed by atoms with Gasteiger partial charge in [0.05, 0.1) is 23.4 Å². The molecule has 0 saturated heterocycles. The van der Waals surface area contributed by atoms with Gasteiger partial charge in [-0.2, -0.15) is 5.26 Å². The summed E-state index contributed by atoms with van der Waals surface area (Å²) >= 11 is 1.05. The van der Waals surface area contributed by atoms with Gasteiger partial charge in [0.2, 0.25) is 0 Å². The fourth-order valence-corrected chi connectivity index (χ4v) is 3.86. The van der Waals surface area contributed by atoms with Gasteiger partial charge in [0.1, 0.15) is 16.8 Å². The summed E-state index contributed by atoms with van der Waals surface area (Å²) in [5.74, 6) is -1.78. The molecule has 1 heterocycles. The Morgan fingerprint density at radius 3 is 2.71 bits per heavy atom. The predicted octanol–water partition coefficient (Wildman–Crippen LogP) is 4.34. The maximum atomic E-state index is 14.2. The largest absolute Gasteiger partial charge is 0.477 e. The Morgan fingerprint density at radius 2 is 2.10 bits per heavy atom. The van der Waals surface area contributed by atoms with E-state index in [0.717, 1.165) is 11.3 Å². The molecule has 0 radical (unpaired) electrons. The topological polar surface area (TPSA) is 117 Å². The van der Waals surface area contributed by atoms with Crippen LogP contribution in [0.2, 0.25) is 0 Å². The van der Waals surface area contributed by atoms with E-state index in [1.807, 2.05) is 13.8 Å². The highest BCUT2D eigenvalue weighted by atomic mass is 32.1. The molecule has 1 aromatic carbocycles. The van der Waals surface area contributed by atoms with Crippen molar-refractivity contribution in [3.8, 4) is 17.2 Å². The number of aromatic carboxylic acids is 1. The number of carboxylic acids is 1. The van der Waals surface area contributed by atoms with E-state index in [0.29, 0.717) is 27.2 Å². The molecule has 0 bridgehead atoms. The van der Waals surface area contributed by atoms with Crippen LogP contribution in [0.4, 0.5) is 4.39 Å². The van der Waals surface area contributed by atoms with E-state index in [-0.39, 0.29) is 22.8 Å². The number of benzene rings is 1. The number of aliphatic hydroxyl groups is 1. The second-order valence-corrected chi connectivity index (χ2v) is 8.65. The second-order valence-electron chi connectivity index (χ2n) is 7.60. The van der Waals surface area contributed by atoms with E-state index >= 15 is 0 Å². The molecule has 0 unspecified atom stereocenters. The fourth-order valence-electron chi connectivity index (χ4n) is 2.84. The summed E-state index contributed by atoms with van der Waals surface area (Å²) in [6, 6.07) is 7.41. The van der Waals surface area contributed by atoms with Crippen molar-refractivity contribution in [1.29, 1.82) is 10.7 Å². The summed E-state index contributed by atoms with van der Waals surface area (Å²) < 4.78 is 14.2. The number of carboxylic acid groups (broad SMARTS) is 1. The van der Waals surface area contributed by atoms with Crippen LogP contribution < -0.4 is 5.32 Å². The van der Waals surface area contributed by atoms with Crippen molar-refractivity contribution in [2.45, 2.75) is 19.4 Å². The van der Waals surface area contributed by atoms with E-state index in [4.69, 9.17) is 10.7 Å². The van der Waals surface area contributed by atoms with Gasteiger partial charge in [-0.15, -0.1) is 11.3 Å². The highest BCUT2D eigenvalue weighted by Crippen LogP contribution is 2.39. The van der Waals surface area contributed by atoms with Crippen LogP contribution in [-0.2, 0) is 0 Å². The highest BCUT2D eigenvalue weighted by Gasteiger charge is 2.21. The number of aliphatic hydroxyl groups excluding tert-OH is 1. The van der Waals surface area contributed by atoms with Crippen molar-refractivity contribution >= 4 is 28.6 Å². The van der Waals surface area contributed by atoms with Crippen LogP contribution >= 0.6 is 11.3 Å². The fraction of sp³-hybridized carbons (Fsp3) is 0.174. The van der Waals surface area contributed by atoms with Gasteiger partial charge in [0.15, 0.2) is 0 Å². The zero-order valence-corrected chi connectivity index (χ0v) is 17.7. The number of carbonyl (C=O) groups is 1. The highest BCUT2D eigenvalue weighted by molar-refractivity contribution is 7.15. The van der Waals surface area contributed by atoms with Crippen molar-refractivity contribution in [2.75, 3.05) is 6.61 Å². The van der Waals surface area contributed by atoms with Crippen molar-refractivity contribution in [2.24, 2.45) is 0 Å². The van der Waals surface area contributed by atoms with E-state index in [1.54, 1.807) is 36.6 Å². The average Bonchev–Trinajstić information content (AvgIpc) is 3.19. The third-order valence-corrected chi connectivity index (χ3v) is 5.84. The van der Waals surface area contributed by atoms with Crippen LogP contribution in [0.3, 0.4) is 0 Å². The normalized spacial score (nSPS) is 15.0. The first kappa shape index (κ1) is 22.2. The maximum absolute atomic E-state index is 14.2. The number of hydrogen-bond donors (Lipinski definition) is 4. The molecule has 1 aliphatic rings. The number of nitrogens with zero attached hydrogens (tertiary/aromatic N) is 1. The Kier molecular flexibility index (Phi) is 6.20. The average molecular weight is 437 g/mol. The molecule has 3 rings (SSSR count). The van der Waals surface area contributed by atoms with Crippen LogP contribution in [-0.4, -0.2) is 34.0 Å². The zero-order valence-electron chi connectivity index (χ0n) is 16.9. The lowest BCUT2D eigenvalue weighted by Gasteiger charge is -2.23. The van der Waals surface area contributed by atoms with Gasteiger partial charge in [0, 0.05) is 22.2 Å². The summed E-state index contributed by atoms with van der Waals surface area (Å²) in [6.07, 6.45) is 6.68. The van der Waals surface area contributed by atoms with Crippen molar-refractivity contribution < 1.29 is 19.4 Å². The third kappa shape index (κ3) is 4.79. The van der Waals surface area contributed by atoms with E-state index in [2.05, 4.69) is 5.32 Å². The smallest absolute Gasteiger partial charge is 0.345 e. The van der Waals surface area contributed by atoms with E-state index in [1.165, 1.54) is 18.2 Å². The minimum Gasteiger partial charge on any atom is -0.477 e. The van der Waals surface area contributed by atoms with E-state index < -0.39 is 17.3 Å². The molecule has 0 amide bonds. The Morgan fingerprint density at radius 1 is 1.35 bits per heavy atom. The van der Waals surface area contributed by atoms with Gasteiger partial charge in [-0.25, -0.2) is 9.18 Å². The SMILES string of the molecule is CC(C)(CO)N/C=C1/C=C(c2sc(C(=O)O)cc2-c2ccc(C#N)c(F)c2)C=CC1=N. The first-order chi connectivity index (χ1) is 14.6. The molecule has 0 atom stereocenters. The lowest BCUT2D eigenvalue weighted by atomic mass is 9.95. The third-order valence-electron chi connectivity index (χ3n) is 4.67. The molecule has 6 nitrogen and oxygen atoms in total. The summed E-state index contributed by atoms with van der Waals surface area (Å²) in [7, 11) is 0. The number of hydrogen-bond acceptors (Lipinski definition) is 6. The van der Waals surface area contributed by atoms with Crippen LogP contribution in [0, 0.1) is 22.6 Å². The first-order valence-corrected chi connectivity index (χ1v) is 10.1. The molecular formula is C23H20FN3O3S.